The minimum Gasteiger partial charge on any atom is -0.462 e. The van der Waals surface area contributed by atoms with E-state index in [2.05, 4.69) is 0 Å². The van der Waals surface area contributed by atoms with Gasteiger partial charge in [0.05, 0.1) is 36.5 Å². The molecule has 0 aromatic heterocycles. The largest absolute Gasteiger partial charge is 0.462 e. The Morgan fingerprint density at radius 3 is 1.07 bits per heavy atom. The van der Waals surface area contributed by atoms with E-state index < -0.39 is 0 Å². The van der Waals surface area contributed by atoms with Gasteiger partial charge in [-0.2, -0.15) is 0 Å². The molecule has 41 heavy (non-hydrogen) atoms. The molecular weight excluding hydrogens is 540 g/mol. The van der Waals surface area contributed by atoms with Gasteiger partial charge in [-0.3, -0.25) is 0 Å². The fourth-order valence-corrected chi connectivity index (χ4v) is 5.13. The van der Waals surface area contributed by atoms with E-state index in [9.17, 15) is 14.4 Å². The first-order chi connectivity index (χ1) is 20.0. The molecule has 0 aliphatic carbocycles. The van der Waals surface area contributed by atoms with Gasteiger partial charge >= 0.3 is 17.9 Å². The summed E-state index contributed by atoms with van der Waals surface area (Å²) < 4.78 is 16.6. The first-order valence-corrected chi connectivity index (χ1v) is 14.8. The number of carbonyl (C=O) groups is 3. The fourth-order valence-electron chi connectivity index (χ4n) is 5.00. The van der Waals surface area contributed by atoms with Gasteiger partial charge in [0.15, 0.2) is 0 Å². The van der Waals surface area contributed by atoms with Gasteiger partial charge in [-0.05, 0) is 93.2 Å². The minimum atomic E-state index is -0.336. The number of alkyl halides is 1. The summed E-state index contributed by atoms with van der Waals surface area (Å²) in [6, 6.07) is 26.8. The molecule has 3 aromatic carbocycles. The average Bonchev–Trinajstić information content (AvgIpc) is 3.03. The van der Waals surface area contributed by atoms with Crippen LogP contribution in [-0.2, 0) is 14.2 Å². The van der Waals surface area contributed by atoms with Crippen molar-refractivity contribution in [3.63, 3.8) is 0 Å². The van der Waals surface area contributed by atoms with Crippen molar-refractivity contribution >= 4 is 29.5 Å². The molecule has 0 spiro atoms. The van der Waals surface area contributed by atoms with Crippen molar-refractivity contribution in [1.29, 1.82) is 0 Å². The Hall–Kier alpha value is -3.64. The van der Waals surface area contributed by atoms with Crippen LogP contribution in [0.15, 0.2) is 91.0 Å². The van der Waals surface area contributed by atoms with Crippen LogP contribution in [0.2, 0.25) is 0 Å². The van der Waals surface area contributed by atoms with Crippen molar-refractivity contribution in [2.75, 3.05) is 25.7 Å². The van der Waals surface area contributed by atoms with E-state index in [0.717, 1.165) is 32.1 Å². The molecule has 0 fully saturated rings. The van der Waals surface area contributed by atoms with E-state index in [1.165, 1.54) is 0 Å². The van der Waals surface area contributed by atoms with Crippen molar-refractivity contribution in [2.45, 2.75) is 51.4 Å². The van der Waals surface area contributed by atoms with Crippen LogP contribution >= 0.6 is 11.6 Å². The summed E-state index contributed by atoms with van der Waals surface area (Å²) in [5.74, 6) is -0.468. The lowest BCUT2D eigenvalue weighted by Gasteiger charge is -2.34. The number of carbonyl (C=O) groups excluding carboxylic acids is 3. The summed E-state index contributed by atoms with van der Waals surface area (Å²) >= 11 is 6.11. The Morgan fingerprint density at radius 1 is 0.488 bits per heavy atom. The second-order valence-corrected chi connectivity index (χ2v) is 10.5. The van der Waals surface area contributed by atoms with E-state index in [-0.39, 0.29) is 23.3 Å². The smallest absolute Gasteiger partial charge is 0.338 e. The van der Waals surface area contributed by atoms with Crippen molar-refractivity contribution in [3.05, 3.63) is 108 Å². The van der Waals surface area contributed by atoms with Gasteiger partial charge in [-0.1, -0.05) is 54.6 Å². The van der Waals surface area contributed by atoms with Crippen molar-refractivity contribution in [1.82, 2.24) is 0 Å². The monoisotopic (exact) mass is 578 g/mol. The highest BCUT2D eigenvalue weighted by Crippen LogP contribution is 2.40. The van der Waals surface area contributed by atoms with Crippen LogP contribution in [0.1, 0.15) is 82.4 Å². The highest BCUT2D eigenvalue weighted by molar-refractivity contribution is 6.17. The maximum atomic E-state index is 12.4. The summed E-state index contributed by atoms with van der Waals surface area (Å²) in [5.41, 5.74) is 1.47. The molecule has 6 nitrogen and oxygen atoms in total. The van der Waals surface area contributed by atoms with Crippen LogP contribution in [0.4, 0.5) is 0 Å². The number of benzene rings is 3. The topological polar surface area (TPSA) is 78.9 Å². The number of hydrogen-bond donors (Lipinski definition) is 0. The summed E-state index contributed by atoms with van der Waals surface area (Å²) in [7, 11) is 0. The Morgan fingerprint density at radius 2 is 0.780 bits per heavy atom. The van der Waals surface area contributed by atoms with Gasteiger partial charge in [-0.25, -0.2) is 14.4 Å². The third kappa shape index (κ3) is 11.4. The van der Waals surface area contributed by atoms with E-state index >= 15 is 0 Å². The zero-order chi connectivity index (χ0) is 29.2. The predicted molar refractivity (Wildman–Crippen MR) is 160 cm³/mol. The van der Waals surface area contributed by atoms with E-state index in [4.69, 9.17) is 25.8 Å². The number of esters is 3. The molecule has 7 heteroatoms. The molecule has 0 saturated carbocycles. The normalized spacial score (nSPS) is 11.0. The standard InChI is InChI=1S/C34H39ClO6/c35-24-10-20-34(21-11-25-39-31(36)28-14-4-1-5-15-28,22-12-26-40-32(37)29-16-6-2-7-17-29)23-13-27-41-33(38)30-18-8-3-9-19-30/h1-9,14-19H,10-13,20-27H2. The number of rotatable bonds is 18. The molecule has 0 heterocycles. The lowest BCUT2D eigenvalue weighted by molar-refractivity contribution is 0.0426. The summed E-state index contributed by atoms with van der Waals surface area (Å²) in [4.78, 5) is 37.2. The Balaban J connectivity index is 1.57. The molecule has 0 bridgehead atoms. The minimum absolute atomic E-state index is 0.119. The third-order valence-electron chi connectivity index (χ3n) is 7.12. The molecule has 0 radical (unpaired) electrons. The summed E-state index contributed by atoms with van der Waals surface area (Å²) in [6.07, 6.45) is 6.21. The van der Waals surface area contributed by atoms with Crippen molar-refractivity contribution in [3.8, 4) is 0 Å². The molecule has 0 N–H and O–H groups in total. The fraction of sp³-hybridized carbons (Fsp3) is 0.382. The molecule has 0 unspecified atom stereocenters. The summed E-state index contributed by atoms with van der Waals surface area (Å²) in [5, 5.41) is 0. The van der Waals surface area contributed by atoms with Crippen LogP contribution in [0.25, 0.3) is 0 Å². The van der Waals surface area contributed by atoms with Crippen LogP contribution in [0, 0.1) is 5.41 Å². The molecule has 0 aliphatic heterocycles. The highest BCUT2D eigenvalue weighted by atomic mass is 35.5. The Labute approximate surface area is 248 Å². The van der Waals surface area contributed by atoms with Gasteiger partial charge in [0.2, 0.25) is 0 Å². The molecule has 0 atom stereocenters. The zero-order valence-electron chi connectivity index (χ0n) is 23.5. The second-order valence-electron chi connectivity index (χ2n) is 10.1. The van der Waals surface area contributed by atoms with E-state index in [1.54, 1.807) is 36.4 Å². The molecule has 218 valence electrons. The van der Waals surface area contributed by atoms with Gasteiger partial charge in [0, 0.05) is 5.88 Å². The first kappa shape index (κ1) is 31.9. The molecule has 3 aromatic rings. The Kier molecular flexibility index (Phi) is 13.9. The highest BCUT2D eigenvalue weighted by Gasteiger charge is 2.29. The quantitative estimate of drug-likeness (QED) is 0.0660. The van der Waals surface area contributed by atoms with Gasteiger partial charge in [-0.15, -0.1) is 11.6 Å². The van der Waals surface area contributed by atoms with E-state index in [0.29, 0.717) is 61.7 Å². The molecular formula is C34H39ClO6. The Bertz CT molecular complexity index is 1040. The maximum Gasteiger partial charge on any atom is 0.338 e. The first-order valence-electron chi connectivity index (χ1n) is 14.3. The third-order valence-corrected chi connectivity index (χ3v) is 7.39. The van der Waals surface area contributed by atoms with Crippen LogP contribution in [0.3, 0.4) is 0 Å². The van der Waals surface area contributed by atoms with Crippen LogP contribution in [0.5, 0.6) is 0 Å². The SMILES string of the molecule is O=C(OCCCC(CCCCl)(CCCOC(=O)c1ccccc1)CCCOC(=O)c1ccccc1)c1ccccc1. The van der Waals surface area contributed by atoms with Gasteiger partial charge in [0.25, 0.3) is 0 Å². The number of halogens is 1. The predicted octanol–water partition coefficient (Wildman–Crippen LogP) is 7.90. The van der Waals surface area contributed by atoms with Gasteiger partial charge in [0.1, 0.15) is 0 Å². The lowest BCUT2D eigenvalue weighted by atomic mass is 9.72. The number of hydrogen-bond acceptors (Lipinski definition) is 6. The van der Waals surface area contributed by atoms with Crippen molar-refractivity contribution in [2.24, 2.45) is 5.41 Å². The van der Waals surface area contributed by atoms with Crippen LogP contribution < -0.4 is 0 Å². The average molecular weight is 579 g/mol. The van der Waals surface area contributed by atoms with Crippen molar-refractivity contribution < 1.29 is 28.6 Å². The van der Waals surface area contributed by atoms with Gasteiger partial charge < -0.3 is 14.2 Å². The molecule has 0 aliphatic rings. The van der Waals surface area contributed by atoms with Crippen LogP contribution in [-0.4, -0.2) is 43.6 Å². The number of ether oxygens (including phenoxy) is 3. The van der Waals surface area contributed by atoms with E-state index in [1.807, 2.05) is 54.6 Å². The summed E-state index contributed by atoms with van der Waals surface area (Å²) in [6.45, 7) is 0.924. The molecule has 0 saturated heterocycles. The zero-order valence-corrected chi connectivity index (χ0v) is 24.2. The molecule has 3 rings (SSSR count). The lowest BCUT2D eigenvalue weighted by Crippen LogP contribution is -2.24. The second kappa shape index (κ2) is 17.9. The molecule has 0 amide bonds. The maximum absolute atomic E-state index is 12.4.